The van der Waals surface area contributed by atoms with Gasteiger partial charge < -0.3 is 9.64 Å². The molecule has 0 amide bonds. The maximum atomic E-state index is 9.25. The molecule has 0 aromatic heterocycles. The van der Waals surface area contributed by atoms with E-state index in [4.69, 9.17) is 4.74 Å². The van der Waals surface area contributed by atoms with Gasteiger partial charge in [0.15, 0.2) is 0 Å². The molecular weight excluding hydrogens is 284 g/mol. The molecule has 1 saturated heterocycles. The van der Waals surface area contributed by atoms with E-state index in [1.807, 2.05) is 6.07 Å². The molecule has 1 spiro atoms. The van der Waals surface area contributed by atoms with Crippen LogP contribution in [-0.4, -0.2) is 18.8 Å². The van der Waals surface area contributed by atoms with Crippen LogP contribution in [0.1, 0.15) is 49.7 Å². The number of hydrogen-bond donors (Lipinski definition) is 0. The molecule has 2 fully saturated rings. The van der Waals surface area contributed by atoms with Crippen molar-refractivity contribution in [2.24, 2.45) is 5.92 Å². The Morgan fingerprint density at radius 3 is 3.09 bits per heavy atom. The highest BCUT2D eigenvalue weighted by atomic mass is 16.6. The summed E-state index contributed by atoms with van der Waals surface area (Å²) in [6, 6.07) is 8.46. The van der Waals surface area contributed by atoms with E-state index >= 15 is 0 Å². The SMILES string of the molecule is N#Cc1ccc2c(c1)N(CC1CCCC3(CO3)C1)/C=C/CCC2. The van der Waals surface area contributed by atoms with Gasteiger partial charge in [-0.2, -0.15) is 5.26 Å². The fourth-order valence-electron chi connectivity index (χ4n) is 4.21. The van der Waals surface area contributed by atoms with Crippen LogP contribution in [0.3, 0.4) is 0 Å². The molecule has 3 nitrogen and oxygen atoms in total. The molecule has 23 heavy (non-hydrogen) atoms. The van der Waals surface area contributed by atoms with Crippen molar-refractivity contribution in [2.45, 2.75) is 50.5 Å². The molecule has 120 valence electrons. The second-order valence-electron chi connectivity index (χ2n) is 7.32. The van der Waals surface area contributed by atoms with E-state index in [-0.39, 0.29) is 5.60 Å². The van der Waals surface area contributed by atoms with Gasteiger partial charge in [0, 0.05) is 18.4 Å². The molecule has 2 atom stereocenters. The van der Waals surface area contributed by atoms with Gasteiger partial charge in [-0.15, -0.1) is 0 Å². The molecule has 0 radical (unpaired) electrons. The van der Waals surface area contributed by atoms with E-state index in [1.54, 1.807) is 0 Å². The molecule has 0 N–H and O–H groups in total. The number of ether oxygens (including phenoxy) is 1. The first kappa shape index (κ1) is 14.8. The Morgan fingerprint density at radius 1 is 1.35 bits per heavy atom. The van der Waals surface area contributed by atoms with Crippen LogP contribution in [-0.2, 0) is 11.2 Å². The lowest BCUT2D eigenvalue weighted by atomic mass is 9.81. The Hall–Kier alpha value is -1.79. The summed E-state index contributed by atoms with van der Waals surface area (Å²) in [5.74, 6) is 0.689. The quantitative estimate of drug-likeness (QED) is 0.770. The fourth-order valence-corrected chi connectivity index (χ4v) is 4.21. The van der Waals surface area contributed by atoms with Gasteiger partial charge in [0.05, 0.1) is 23.8 Å². The Morgan fingerprint density at radius 2 is 2.26 bits per heavy atom. The number of epoxide rings is 1. The molecule has 2 aliphatic heterocycles. The summed E-state index contributed by atoms with van der Waals surface area (Å²) in [6.07, 6.45) is 13.0. The number of benzene rings is 1. The molecule has 3 aliphatic rings. The van der Waals surface area contributed by atoms with Crippen LogP contribution in [0.15, 0.2) is 30.5 Å². The first-order valence-electron chi connectivity index (χ1n) is 8.88. The van der Waals surface area contributed by atoms with E-state index in [2.05, 4.69) is 35.4 Å². The largest absolute Gasteiger partial charge is 0.370 e. The molecule has 1 aromatic rings. The van der Waals surface area contributed by atoms with Crippen molar-refractivity contribution < 1.29 is 4.74 Å². The summed E-state index contributed by atoms with van der Waals surface area (Å²) in [6.45, 7) is 2.01. The van der Waals surface area contributed by atoms with Gasteiger partial charge in [-0.1, -0.05) is 18.6 Å². The highest BCUT2D eigenvalue weighted by Gasteiger charge is 2.47. The van der Waals surface area contributed by atoms with Gasteiger partial charge in [-0.05, 0) is 62.1 Å². The highest BCUT2D eigenvalue weighted by Crippen LogP contribution is 2.44. The van der Waals surface area contributed by atoms with Crippen LogP contribution in [0.2, 0.25) is 0 Å². The summed E-state index contributed by atoms with van der Waals surface area (Å²) in [5, 5.41) is 9.25. The van der Waals surface area contributed by atoms with Crippen molar-refractivity contribution in [2.75, 3.05) is 18.1 Å². The predicted octanol–water partition coefficient (Wildman–Crippen LogP) is 4.17. The summed E-state index contributed by atoms with van der Waals surface area (Å²) in [5.41, 5.74) is 3.60. The van der Waals surface area contributed by atoms with Gasteiger partial charge in [0.25, 0.3) is 0 Å². The van der Waals surface area contributed by atoms with Gasteiger partial charge in [-0.25, -0.2) is 0 Å². The molecule has 2 heterocycles. The van der Waals surface area contributed by atoms with Crippen molar-refractivity contribution in [1.82, 2.24) is 0 Å². The molecule has 4 rings (SSSR count). The zero-order valence-corrected chi connectivity index (χ0v) is 13.6. The van der Waals surface area contributed by atoms with Crippen LogP contribution >= 0.6 is 0 Å². The minimum Gasteiger partial charge on any atom is -0.370 e. The third-order valence-electron chi connectivity index (χ3n) is 5.54. The second kappa shape index (κ2) is 6.02. The van der Waals surface area contributed by atoms with E-state index in [9.17, 15) is 5.26 Å². The van der Waals surface area contributed by atoms with Crippen molar-refractivity contribution in [3.05, 3.63) is 41.6 Å². The number of fused-ring (bicyclic) bond motifs is 1. The van der Waals surface area contributed by atoms with Crippen molar-refractivity contribution in [1.29, 1.82) is 5.26 Å². The third kappa shape index (κ3) is 3.14. The van der Waals surface area contributed by atoms with Gasteiger partial charge >= 0.3 is 0 Å². The number of allylic oxidation sites excluding steroid dienone is 1. The number of anilines is 1. The second-order valence-corrected chi connectivity index (χ2v) is 7.32. The monoisotopic (exact) mass is 308 g/mol. The number of nitrogens with zero attached hydrogens (tertiary/aromatic N) is 2. The number of nitriles is 1. The molecule has 0 bridgehead atoms. The number of hydrogen-bond acceptors (Lipinski definition) is 3. The van der Waals surface area contributed by atoms with Gasteiger partial charge in [0.2, 0.25) is 0 Å². The lowest BCUT2D eigenvalue weighted by Crippen LogP contribution is -2.32. The topological polar surface area (TPSA) is 39.6 Å². The zero-order chi connectivity index (χ0) is 15.7. The van der Waals surface area contributed by atoms with E-state index in [0.717, 1.165) is 31.6 Å². The van der Waals surface area contributed by atoms with E-state index < -0.39 is 0 Å². The lowest BCUT2D eigenvalue weighted by Gasteiger charge is -2.33. The first-order chi connectivity index (χ1) is 11.3. The first-order valence-corrected chi connectivity index (χ1v) is 8.88. The molecule has 2 unspecified atom stereocenters. The Balaban J connectivity index is 1.59. The summed E-state index contributed by atoms with van der Waals surface area (Å²) >= 11 is 0. The van der Waals surface area contributed by atoms with Gasteiger partial charge in [0.1, 0.15) is 0 Å². The molecular formula is C20H24N2O. The molecule has 1 aliphatic carbocycles. The fraction of sp³-hybridized carbons (Fsp3) is 0.550. The maximum Gasteiger partial charge on any atom is 0.0992 e. The number of rotatable bonds is 2. The molecule has 1 aromatic carbocycles. The number of aryl methyl sites for hydroxylation is 1. The summed E-state index contributed by atoms with van der Waals surface area (Å²) in [7, 11) is 0. The molecule has 3 heteroatoms. The minimum absolute atomic E-state index is 0.229. The average molecular weight is 308 g/mol. The van der Waals surface area contributed by atoms with Crippen molar-refractivity contribution in [3.63, 3.8) is 0 Å². The van der Waals surface area contributed by atoms with Crippen LogP contribution in [0.5, 0.6) is 0 Å². The summed E-state index contributed by atoms with van der Waals surface area (Å²) < 4.78 is 5.73. The Bertz CT molecular complexity index is 654. The van der Waals surface area contributed by atoms with Crippen molar-refractivity contribution in [3.8, 4) is 6.07 Å². The smallest absolute Gasteiger partial charge is 0.0992 e. The van der Waals surface area contributed by atoms with E-state index in [1.165, 1.54) is 43.4 Å². The normalized spacial score (nSPS) is 30.9. The maximum absolute atomic E-state index is 9.25. The lowest BCUT2D eigenvalue weighted by molar-refractivity contribution is 0.193. The Kier molecular flexibility index (Phi) is 3.87. The zero-order valence-electron chi connectivity index (χ0n) is 13.6. The Labute approximate surface area is 138 Å². The van der Waals surface area contributed by atoms with E-state index in [0.29, 0.717) is 5.92 Å². The molecule has 1 saturated carbocycles. The van der Waals surface area contributed by atoms with Crippen molar-refractivity contribution >= 4 is 5.69 Å². The van der Waals surface area contributed by atoms with Crippen LogP contribution < -0.4 is 4.90 Å². The standard InChI is InChI=1S/C20H24N2O/c21-13-16-7-8-18-6-2-1-3-10-22(19(18)11-16)14-17-5-4-9-20(12-17)15-23-20/h3,7-8,10-11,17H,1-2,4-6,9,12,14-15H2/b10-3+. The van der Waals surface area contributed by atoms with Crippen LogP contribution in [0.4, 0.5) is 5.69 Å². The summed E-state index contributed by atoms with van der Waals surface area (Å²) in [4.78, 5) is 2.39. The third-order valence-corrected chi connectivity index (χ3v) is 5.54. The predicted molar refractivity (Wildman–Crippen MR) is 91.2 cm³/mol. The average Bonchev–Trinajstić information content (AvgIpc) is 3.30. The van der Waals surface area contributed by atoms with Gasteiger partial charge in [-0.3, -0.25) is 0 Å². The highest BCUT2D eigenvalue weighted by molar-refractivity contribution is 5.60. The van der Waals surface area contributed by atoms with Crippen LogP contribution in [0, 0.1) is 17.2 Å². The van der Waals surface area contributed by atoms with Crippen LogP contribution in [0.25, 0.3) is 0 Å². The minimum atomic E-state index is 0.229.